The van der Waals surface area contributed by atoms with Gasteiger partial charge in [-0.05, 0) is 12.8 Å². The first-order valence-electron chi connectivity index (χ1n) is 6.52. The maximum Gasteiger partial charge on any atom is 0.252 e. The molecule has 2 heterocycles. The van der Waals surface area contributed by atoms with Crippen molar-refractivity contribution in [3.8, 4) is 0 Å². The fourth-order valence-corrected chi connectivity index (χ4v) is 2.56. The summed E-state index contributed by atoms with van der Waals surface area (Å²) in [4.78, 5) is 25.7. The van der Waals surface area contributed by atoms with Crippen LogP contribution in [0.4, 0.5) is 0 Å². The standard InChI is InChI=1S/C12H17N5O2S/c1-3-5-13-10(19)7-20-12-16-15-11-14-9(18)6-8(4-2)17(11)12/h6H,3-5,7H2,1-2H3,(H,13,19)(H,14,15,18). The van der Waals surface area contributed by atoms with E-state index in [4.69, 9.17) is 0 Å². The smallest absolute Gasteiger partial charge is 0.252 e. The number of thioether (sulfide) groups is 1. The summed E-state index contributed by atoms with van der Waals surface area (Å²) in [7, 11) is 0. The van der Waals surface area contributed by atoms with Crippen LogP contribution in [0.15, 0.2) is 16.0 Å². The van der Waals surface area contributed by atoms with Gasteiger partial charge in [0.05, 0.1) is 5.75 Å². The van der Waals surface area contributed by atoms with Gasteiger partial charge in [-0.1, -0.05) is 25.6 Å². The van der Waals surface area contributed by atoms with Gasteiger partial charge in [-0.2, -0.15) is 0 Å². The predicted octanol–water partition coefficient (Wildman–Crippen LogP) is 0.598. The molecule has 20 heavy (non-hydrogen) atoms. The highest BCUT2D eigenvalue weighted by molar-refractivity contribution is 7.99. The van der Waals surface area contributed by atoms with Crippen LogP contribution in [0.25, 0.3) is 5.78 Å². The number of aromatic nitrogens is 4. The maximum atomic E-state index is 11.6. The number of carbonyl (C=O) groups excluding carboxylic acids is 1. The Kier molecular flexibility index (Phi) is 4.78. The molecule has 0 saturated heterocycles. The molecule has 0 bridgehead atoms. The highest BCUT2D eigenvalue weighted by Crippen LogP contribution is 2.17. The third kappa shape index (κ3) is 3.19. The molecular formula is C12H17N5O2S. The lowest BCUT2D eigenvalue weighted by atomic mass is 10.3. The molecule has 1 amide bonds. The van der Waals surface area contributed by atoms with E-state index in [9.17, 15) is 9.59 Å². The fraction of sp³-hybridized carbons (Fsp3) is 0.500. The lowest BCUT2D eigenvalue weighted by Crippen LogP contribution is -2.25. The van der Waals surface area contributed by atoms with Gasteiger partial charge >= 0.3 is 0 Å². The number of hydrogen-bond donors (Lipinski definition) is 2. The quantitative estimate of drug-likeness (QED) is 0.761. The zero-order valence-electron chi connectivity index (χ0n) is 11.5. The molecule has 0 radical (unpaired) electrons. The van der Waals surface area contributed by atoms with Gasteiger partial charge < -0.3 is 5.32 Å². The van der Waals surface area contributed by atoms with E-state index in [0.717, 1.165) is 12.1 Å². The van der Waals surface area contributed by atoms with Crippen molar-refractivity contribution >= 4 is 23.4 Å². The summed E-state index contributed by atoms with van der Waals surface area (Å²) in [6, 6.07) is 1.53. The first kappa shape index (κ1) is 14.6. The summed E-state index contributed by atoms with van der Waals surface area (Å²) >= 11 is 1.31. The van der Waals surface area contributed by atoms with Crippen molar-refractivity contribution in [1.29, 1.82) is 0 Å². The van der Waals surface area contributed by atoms with Crippen LogP contribution in [0.3, 0.4) is 0 Å². The molecule has 2 rings (SSSR count). The molecule has 0 aliphatic heterocycles. The lowest BCUT2D eigenvalue weighted by Gasteiger charge is -2.05. The Labute approximate surface area is 120 Å². The van der Waals surface area contributed by atoms with E-state index >= 15 is 0 Å². The van der Waals surface area contributed by atoms with E-state index in [0.29, 0.717) is 23.9 Å². The molecule has 108 valence electrons. The summed E-state index contributed by atoms with van der Waals surface area (Å²) in [5.74, 6) is 0.658. The second-order valence-corrected chi connectivity index (χ2v) is 5.20. The number of hydrogen-bond acceptors (Lipinski definition) is 5. The Hall–Kier alpha value is -1.83. The molecule has 0 saturated carbocycles. The second-order valence-electron chi connectivity index (χ2n) is 4.26. The highest BCUT2D eigenvalue weighted by atomic mass is 32.2. The van der Waals surface area contributed by atoms with E-state index < -0.39 is 0 Å². The van der Waals surface area contributed by atoms with Crippen LogP contribution in [0.5, 0.6) is 0 Å². The number of rotatable bonds is 6. The van der Waals surface area contributed by atoms with Crippen LogP contribution in [-0.4, -0.2) is 37.8 Å². The van der Waals surface area contributed by atoms with Crippen LogP contribution in [0.2, 0.25) is 0 Å². The monoisotopic (exact) mass is 295 g/mol. The van der Waals surface area contributed by atoms with Gasteiger partial charge in [0, 0.05) is 18.3 Å². The van der Waals surface area contributed by atoms with Crippen molar-refractivity contribution in [3.63, 3.8) is 0 Å². The van der Waals surface area contributed by atoms with Crippen LogP contribution in [0, 0.1) is 0 Å². The van der Waals surface area contributed by atoms with E-state index in [1.807, 2.05) is 13.8 Å². The van der Waals surface area contributed by atoms with Crippen molar-refractivity contribution in [3.05, 3.63) is 22.1 Å². The molecule has 0 spiro atoms. The fourth-order valence-electron chi connectivity index (χ4n) is 1.77. The number of nitrogens with one attached hydrogen (secondary N) is 2. The summed E-state index contributed by atoms with van der Waals surface area (Å²) in [5, 5.41) is 11.4. The van der Waals surface area contributed by atoms with Crippen molar-refractivity contribution in [2.45, 2.75) is 31.8 Å². The van der Waals surface area contributed by atoms with Gasteiger partial charge in [0.2, 0.25) is 11.7 Å². The van der Waals surface area contributed by atoms with Crippen molar-refractivity contribution < 1.29 is 4.79 Å². The minimum atomic E-state index is -0.195. The van der Waals surface area contributed by atoms with Gasteiger partial charge in [-0.3, -0.25) is 19.0 Å². The average Bonchev–Trinajstić information content (AvgIpc) is 2.84. The maximum absolute atomic E-state index is 11.6. The van der Waals surface area contributed by atoms with E-state index in [1.54, 1.807) is 4.40 Å². The van der Waals surface area contributed by atoms with Gasteiger partial charge in [0.25, 0.3) is 5.56 Å². The average molecular weight is 295 g/mol. The molecule has 0 unspecified atom stereocenters. The number of H-pyrrole nitrogens is 1. The number of nitrogens with zero attached hydrogens (tertiary/aromatic N) is 3. The molecule has 0 aromatic carbocycles. The third-order valence-corrected chi connectivity index (χ3v) is 3.65. The molecule has 2 aromatic rings. The van der Waals surface area contributed by atoms with Crippen LogP contribution in [-0.2, 0) is 11.2 Å². The topological polar surface area (TPSA) is 92.2 Å². The Morgan fingerprint density at radius 1 is 1.45 bits per heavy atom. The van der Waals surface area contributed by atoms with Gasteiger partial charge in [0.15, 0.2) is 5.16 Å². The molecule has 8 heteroatoms. The molecule has 0 atom stereocenters. The number of amides is 1. The number of carbonyl (C=O) groups is 1. The highest BCUT2D eigenvalue weighted by Gasteiger charge is 2.12. The molecule has 2 N–H and O–H groups in total. The van der Waals surface area contributed by atoms with Crippen LogP contribution in [0.1, 0.15) is 26.0 Å². The molecule has 2 aromatic heterocycles. The van der Waals surface area contributed by atoms with E-state index in [1.165, 1.54) is 17.8 Å². The summed E-state index contributed by atoms with van der Waals surface area (Å²) < 4.78 is 1.78. The number of aryl methyl sites for hydroxylation is 1. The summed E-state index contributed by atoms with van der Waals surface area (Å²) in [5.41, 5.74) is 0.629. The second kappa shape index (κ2) is 6.56. The minimum Gasteiger partial charge on any atom is -0.355 e. The van der Waals surface area contributed by atoms with Crippen molar-refractivity contribution in [2.24, 2.45) is 0 Å². The normalized spacial score (nSPS) is 10.9. The Bertz CT molecular complexity index is 663. The molecule has 0 fully saturated rings. The molecular weight excluding hydrogens is 278 g/mol. The SMILES string of the molecule is CCCNC(=O)CSc1nnc2[nH]c(=O)cc(CC)n12. The van der Waals surface area contributed by atoms with Gasteiger partial charge in [0.1, 0.15) is 0 Å². The van der Waals surface area contributed by atoms with Gasteiger partial charge in [-0.25, -0.2) is 0 Å². The zero-order chi connectivity index (χ0) is 14.5. The minimum absolute atomic E-state index is 0.0314. The first-order chi connectivity index (χ1) is 9.65. The largest absolute Gasteiger partial charge is 0.355 e. The summed E-state index contributed by atoms with van der Waals surface area (Å²) in [6.07, 6.45) is 1.60. The lowest BCUT2D eigenvalue weighted by molar-refractivity contribution is -0.118. The number of fused-ring (bicyclic) bond motifs is 1. The third-order valence-electron chi connectivity index (χ3n) is 2.72. The Morgan fingerprint density at radius 2 is 2.25 bits per heavy atom. The molecule has 7 nitrogen and oxygen atoms in total. The van der Waals surface area contributed by atoms with E-state index in [-0.39, 0.29) is 17.2 Å². The van der Waals surface area contributed by atoms with E-state index in [2.05, 4.69) is 20.5 Å². The van der Waals surface area contributed by atoms with Crippen molar-refractivity contribution in [1.82, 2.24) is 24.9 Å². The molecule has 0 aliphatic rings. The first-order valence-corrected chi connectivity index (χ1v) is 7.51. The summed E-state index contributed by atoms with van der Waals surface area (Å²) in [6.45, 7) is 4.63. The van der Waals surface area contributed by atoms with Crippen LogP contribution < -0.4 is 10.9 Å². The van der Waals surface area contributed by atoms with Crippen molar-refractivity contribution in [2.75, 3.05) is 12.3 Å². The van der Waals surface area contributed by atoms with Crippen LogP contribution >= 0.6 is 11.8 Å². The van der Waals surface area contributed by atoms with Gasteiger partial charge in [-0.15, -0.1) is 10.2 Å². The molecule has 0 aliphatic carbocycles. The Morgan fingerprint density at radius 3 is 2.95 bits per heavy atom. The predicted molar refractivity (Wildman–Crippen MR) is 77.0 cm³/mol. The number of aromatic amines is 1. The zero-order valence-corrected chi connectivity index (χ0v) is 12.3. The Balaban J connectivity index is 2.19.